The molecule has 0 atom stereocenters. The molecule has 1 aromatic carbocycles. The fourth-order valence-electron chi connectivity index (χ4n) is 2.59. The predicted molar refractivity (Wildman–Crippen MR) is 81.8 cm³/mol. The minimum absolute atomic E-state index is 0.107. The smallest absolute Gasteiger partial charge is 0.242 e. The van der Waals surface area contributed by atoms with Gasteiger partial charge in [0.05, 0.1) is 17.0 Å². The van der Waals surface area contributed by atoms with Gasteiger partial charge >= 0.3 is 0 Å². The van der Waals surface area contributed by atoms with Crippen molar-refractivity contribution in [1.82, 2.24) is 4.72 Å². The van der Waals surface area contributed by atoms with Crippen LogP contribution in [0.25, 0.3) is 0 Å². The number of rotatable bonds is 4. The highest BCUT2D eigenvalue weighted by molar-refractivity contribution is 9.10. The summed E-state index contributed by atoms with van der Waals surface area (Å²) in [7, 11) is -3.72. The van der Waals surface area contributed by atoms with Gasteiger partial charge in [0.2, 0.25) is 10.0 Å². The van der Waals surface area contributed by atoms with Gasteiger partial charge in [0.15, 0.2) is 0 Å². The number of hydrogen-bond donors (Lipinski definition) is 3. The van der Waals surface area contributed by atoms with Crippen LogP contribution in [0.3, 0.4) is 0 Å². The number of nitrogens with two attached hydrogens (primary N) is 1. The minimum atomic E-state index is -3.72. The number of anilines is 1. The highest BCUT2D eigenvalue weighted by atomic mass is 79.9. The molecule has 0 unspecified atom stereocenters. The number of hydrogen-bond acceptors (Lipinski definition) is 4. The van der Waals surface area contributed by atoms with E-state index in [9.17, 15) is 13.5 Å². The van der Waals surface area contributed by atoms with Crippen molar-refractivity contribution in [3.63, 3.8) is 0 Å². The van der Waals surface area contributed by atoms with Crippen LogP contribution in [0, 0.1) is 0 Å². The lowest BCUT2D eigenvalue weighted by molar-refractivity contribution is 0.142. The van der Waals surface area contributed by atoms with Crippen molar-refractivity contribution in [2.75, 3.05) is 12.3 Å². The summed E-state index contributed by atoms with van der Waals surface area (Å²) in [6, 6.07) is 4.65. The molecule has 4 N–H and O–H groups in total. The van der Waals surface area contributed by atoms with E-state index in [4.69, 9.17) is 5.73 Å². The molecule has 0 aliphatic heterocycles. The van der Waals surface area contributed by atoms with Gasteiger partial charge in [0.1, 0.15) is 0 Å². The zero-order valence-corrected chi connectivity index (χ0v) is 13.5. The average molecular weight is 363 g/mol. The monoisotopic (exact) mass is 362 g/mol. The Morgan fingerprint density at radius 1 is 1.30 bits per heavy atom. The van der Waals surface area contributed by atoms with Gasteiger partial charge in [0.25, 0.3) is 0 Å². The molecule has 5 nitrogen and oxygen atoms in total. The van der Waals surface area contributed by atoms with Crippen LogP contribution in [-0.4, -0.2) is 25.7 Å². The van der Waals surface area contributed by atoms with E-state index in [1.807, 2.05) is 0 Å². The molecule has 1 aromatic rings. The normalized spacial score (nSPS) is 18.9. The van der Waals surface area contributed by atoms with E-state index in [0.717, 1.165) is 19.3 Å². The lowest BCUT2D eigenvalue weighted by atomic mass is 9.83. The molecule has 0 amide bonds. The molecule has 1 aliphatic carbocycles. The second-order valence-corrected chi connectivity index (χ2v) is 7.80. The third-order valence-electron chi connectivity index (χ3n) is 3.71. The first-order valence-electron chi connectivity index (χ1n) is 6.58. The largest absolute Gasteiger partial charge is 0.399 e. The Kier molecular flexibility index (Phi) is 4.73. The standard InChI is InChI=1S/C13H19BrN2O3S/c14-11-5-4-10(15)8-12(11)20(18,19)16-13(9-17)6-2-1-3-7-13/h4-5,8,16-17H,1-3,6-7,9,15H2. The molecule has 0 radical (unpaired) electrons. The van der Waals surface area contributed by atoms with Crippen molar-refractivity contribution >= 4 is 31.6 Å². The summed E-state index contributed by atoms with van der Waals surface area (Å²) in [6.07, 6.45) is 4.22. The number of benzene rings is 1. The van der Waals surface area contributed by atoms with E-state index in [1.165, 1.54) is 6.07 Å². The molecular weight excluding hydrogens is 344 g/mol. The molecule has 1 saturated carbocycles. The van der Waals surface area contributed by atoms with E-state index in [0.29, 0.717) is 23.0 Å². The Morgan fingerprint density at radius 3 is 2.55 bits per heavy atom. The fourth-order valence-corrected chi connectivity index (χ4v) is 5.04. The second-order valence-electron chi connectivity index (χ2n) is 5.29. The molecule has 0 heterocycles. The van der Waals surface area contributed by atoms with Crippen molar-refractivity contribution in [3.8, 4) is 0 Å². The molecule has 1 fully saturated rings. The third-order valence-corrected chi connectivity index (χ3v) is 6.28. The maximum Gasteiger partial charge on any atom is 0.242 e. The van der Waals surface area contributed by atoms with E-state index in [2.05, 4.69) is 20.7 Å². The molecule has 0 saturated heterocycles. The predicted octanol–water partition coefficient (Wildman–Crippen LogP) is 2.00. The zero-order valence-electron chi connectivity index (χ0n) is 11.1. The van der Waals surface area contributed by atoms with Gasteiger partial charge < -0.3 is 10.8 Å². The summed E-state index contributed by atoms with van der Waals surface area (Å²) in [6.45, 7) is -0.188. The van der Waals surface area contributed by atoms with E-state index < -0.39 is 15.6 Å². The summed E-state index contributed by atoms with van der Waals surface area (Å²) < 4.78 is 28.2. The Morgan fingerprint density at radius 2 is 1.95 bits per heavy atom. The third kappa shape index (κ3) is 3.33. The van der Waals surface area contributed by atoms with Crippen molar-refractivity contribution in [3.05, 3.63) is 22.7 Å². The van der Waals surface area contributed by atoms with Gasteiger partial charge in [-0.2, -0.15) is 0 Å². The molecule has 7 heteroatoms. The van der Waals surface area contributed by atoms with Crippen molar-refractivity contribution in [2.24, 2.45) is 0 Å². The topological polar surface area (TPSA) is 92.4 Å². The van der Waals surface area contributed by atoms with Crippen LogP contribution in [-0.2, 0) is 10.0 Å². The lowest BCUT2D eigenvalue weighted by Crippen LogP contribution is -2.52. The van der Waals surface area contributed by atoms with Crippen LogP contribution in [0.1, 0.15) is 32.1 Å². The van der Waals surface area contributed by atoms with Crippen molar-refractivity contribution in [1.29, 1.82) is 0 Å². The summed E-state index contributed by atoms with van der Waals surface area (Å²) >= 11 is 3.23. The lowest BCUT2D eigenvalue weighted by Gasteiger charge is -2.36. The van der Waals surface area contributed by atoms with Crippen LogP contribution in [0.4, 0.5) is 5.69 Å². The van der Waals surface area contributed by atoms with Gasteiger partial charge in [0, 0.05) is 10.2 Å². The first-order chi connectivity index (χ1) is 9.38. The van der Waals surface area contributed by atoms with E-state index in [-0.39, 0.29) is 11.5 Å². The summed E-state index contributed by atoms with van der Waals surface area (Å²) in [5, 5.41) is 9.61. The van der Waals surface area contributed by atoms with Crippen LogP contribution in [0.2, 0.25) is 0 Å². The Balaban J connectivity index is 2.32. The summed E-state index contributed by atoms with van der Waals surface area (Å²) in [5.41, 5.74) is 5.30. The number of halogens is 1. The zero-order chi connectivity index (χ0) is 14.8. The Bertz CT molecular complexity index is 583. The van der Waals surface area contributed by atoms with Gasteiger partial charge in [-0.1, -0.05) is 19.3 Å². The number of nitrogen functional groups attached to an aromatic ring is 1. The molecule has 20 heavy (non-hydrogen) atoms. The maximum atomic E-state index is 12.5. The van der Waals surface area contributed by atoms with E-state index in [1.54, 1.807) is 12.1 Å². The highest BCUT2D eigenvalue weighted by Gasteiger charge is 2.36. The molecule has 112 valence electrons. The van der Waals surface area contributed by atoms with Crippen LogP contribution >= 0.6 is 15.9 Å². The van der Waals surface area contributed by atoms with E-state index >= 15 is 0 Å². The first-order valence-corrected chi connectivity index (χ1v) is 8.86. The summed E-state index contributed by atoms with van der Waals surface area (Å²) in [4.78, 5) is 0.107. The molecule has 0 spiro atoms. The molecule has 2 rings (SSSR count). The molecular formula is C13H19BrN2O3S. The van der Waals surface area contributed by atoms with Gasteiger partial charge in [-0.15, -0.1) is 0 Å². The molecule has 1 aliphatic rings. The average Bonchev–Trinajstić information content (AvgIpc) is 2.42. The molecule has 0 bridgehead atoms. The summed E-state index contributed by atoms with van der Waals surface area (Å²) in [5.74, 6) is 0. The Hall–Kier alpha value is -0.630. The van der Waals surface area contributed by atoms with Crippen molar-refractivity contribution in [2.45, 2.75) is 42.5 Å². The fraction of sp³-hybridized carbons (Fsp3) is 0.538. The molecule has 0 aromatic heterocycles. The quantitative estimate of drug-likeness (QED) is 0.714. The van der Waals surface area contributed by atoms with Gasteiger partial charge in [-0.05, 0) is 47.0 Å². The SMILES string of the molecule is Nc1ccc(Br)c(S(=O)(=O)NC2(CO)CCCCC2)c1. The van der Waals surface area contributed by atoms with Crippen LogP contribution in [0.5, 0.6) is 0 Å². The highest BCUT2D eigenvalue weighted by Crippen LogP contribution is 2.31. The Labute approximate surface area is 127 Å². The number of aliphatic hydroxyl groups excluding tert-OH is 1. The first kappa shape index (κ1) is 15.8. The van der Waals surface area contributed by atoms with Crippen molar-refractivity contribution < 1.29 is 13.5 Å². The van der Waals surface area contributed by atoms with Gasteiger partial charge in [-0.3, -0.25) is 0 Å². The second kappa shape index (κ2) is 6.01. The van der Waals surface area contributed by atoms with Crippen LogP contribution in [0.15, 0.2) is 27.6 Å². The maximum absolute atomic E-state index is 12.5. The number of nitrogens with one attached hydrogen (secondary N) is 1. The van der Waals surface area contributed by atoms with Gasteiger partial charge in [-0.25, -0.2) is 13.1 Å². The van der Waals surface area contributed by atoms with Crippen LogP contribution < -0.4 is 10.5 Å². The number of sulfonamides is 1. The number of aliphatic hydroxyl groups is 1. The minimum Gasteiger partial charge on any atom is -0.399 e.